The van der Waals surface area contributed by atoms with Crippen LogP contribution in [0, 0.1) is 0 Å². The summed E-state index contributed by atoms with van der Waals surface area (Å²) in [5.74, 6) is 0.0217. The molecule has 0 unspecified atom stereocenters. The number of amides is 1. The van der Waals surface area contributed by atoms with Gasteiger partial charge in [-0.05, 0) is 11.4 Å². The largest absolute Gasteiger partial charge is 0.351 e. The first-order chi connectivity index (χ1) is 4.79. The zero-order chi connectivity index (χ0) is 7.40. The Morgan fingerprint density at radius 1 is 1.80 bits per heavy atom. The maximum Gasteiger partial charge on any atom is 0.217 e. The van der Waals surface area contributed by atoms with Crippen molar-refractivity contribution in [3.63, 3.8) is 0 Å². The molecule has 10 heavy (non-hydrogen) atoms. The van der Waals surface area contributed by atoms with Crippen LogP contribution in [0.1, 0.15) is 11.8 Å². The first-order valence-electron chi connectivity index (χ1n) is 3.06. The second-order valence-corrected chi connectivity index (χ2v) is 3.02. The van der Waals surface area contributed by atoms with E-state index in [0.29, 0.717) is 6.54 Å². The molecule has 0 aliphatic heterocycles. The predicted molar refractivity (Wildman–Crippen MR) is 41.8 cm³/mol. The molecule has 1 aromatic heterocycles. The minimum atomic E-state index is 0.0217. The second kappa shape index (κ2) is 3.37. The number of hydrogen-bond acceptors (Lipinski definition) is 2. The summed E-state index contributed by atoms with van der Waals surface area (Å²) < 4.78 is 0. The maximum absolute atomic E-state index is 10.4. The van der Waals surface area contributed by atoms with Crippen molar-refractivity contribution in [2.24, 2.45) is 0 Å². The molecule has 0 aliphatic carbocycles. The molecule has 0 radical (unpaired) electrons. The second-order valence-electron chi connectivity index (χ2n) is 1.99. The topological polar surface area (TPSA) is 29.1 Å². The van der Waals surface area contributed by atoms with Crippen molar-refractivity contribution in [3.05, 3.63) is 22.4 Å². The van der Waals surface area contributed by atoms with Gasteiger partial charge in [-0.2, -0.15) is 0 Å². The summed E-state index contributed by atoms with van der Waals surface area (Å²) in [6.07, 6.45) is 0. The molecule has 0 saturated carbocycles. The van der Waals surface area contributed by atoms with Crippen LogP contribution >= 0.6 is 11.3 Å². The third-order valence-electron chi connectivity index (χ3n) is 1.09. The Balaban J connectivity index is 2.35. The van der Waals surface area contributed by atoms with Gasteiger partial charge in [0.2, 0.25) is 5.91 Å². The fourth-order valence-corrected chi connectivity index (χ4v) is 1.27. The zero-order valence-corrected chi connectivity index (χ0v) is 6.57. The van der Waals surface area contributed by atoms with Crippen molar-refractivity contribution < 1.29 is 4.79 Å². The molecule has 0 atom stereocenters. The molecular weight excluding hydrogens is 146 g/mol. The van der Waals surface area contributed by atoms with Crippen molar-refractivity contribution >= 4 is 17.2 Å². The lowest BCUT2D eigenvalue weighted by Gasteiger charge is -1.96. The van der Waals surface area contributed by atoms with E-state index in [0.717, 1.165) is 0 Å². The summed E-state index contributed by atoms with van der Waals surface area (Å²) in [6.45, 7) is 2.18. The minimum Gasteiger partial charge on any atom is -0.351 e. The summed E-state index contributed by atoms with van der Waals surface area (Å²) in [6, 6.07) is 3.97. The van der Waals surface area contributed by atoms with E-state index in [1.54, 1.807) is 11.3 Å². The lowest BCUT2D eigenvalue weighted by molar-refractivity contribution is -0.119. The molecule has 1 amide bonds. The van der Waals surface area contributed by atoms with E-state index in [2.05, 4.69) is 5.32 Å². The van der Waals surface area contributed by atoms with Crippen LogP contribution in [0.2, 0.25) is 0 Å². The molecule has 0 saturated heterocycles. The summed E-state index contributed by atoms with van der Waals surface area (Å²) in [4.78, 5) is 11.6. The molecule has 0 bridgehead atoms. The van der Waals surface area contributed by atoms with Gasteiger partial charge < -0.3 is 5.32 Å². The van der Waals surface area contributed by atoms with E-state index in [4.69, 9.17) is 0 Å². The maximum atomic E-state index is 10.4. The van der Waals surface area contributed by atoms with Gasteiger partial charge >= 0.3 is 0 Å². The van der Waals surface area contributed by atoms with E-state index < -0.39 is 0 Å². The lowest BCUT2D eigenvalue weighted by atomic mass is 10.4. The van der Waals surface area contributed by atoms with Gasteiger partial charge in [0, 0.05) is 11.8 Å². The summed E-state index contributed by atoms with van der Waals surface area (Å²) in [5, 5.41) is 4.72. The average molecular weight is 155 g/mol. The minimum absolute atomic E-state index is 0.0217. The van der Waals surface area contributed by atoms with Crippen molar-refractivity contribution in [1.82, 2.24) is 5.32 Å². The molecular formula is C7H9NOS. The first kappa shape index (κ1) is 7.28. The Kier molecular flexibility index (Phi) is 2.45. The van der Waals surface area contributed by atoms with Crippen LogP contribution in [0.25, 0.3) is 0 Å². The standard InChI is InChI=1S/C7H9NOS/c1-6(9)8-5-7-3-2-4-10-7/h2-4H,5H2,1H3,(H,8,9). The molecule has 1 rings (SSSR count). The van der Waals surface area contributed by atoms with Crippen molar-refractivity contribution in [2.75, 3.05) is 0 Å². The fourth-order valence-electron chi connectivity index (χ4n) is 0.625. The lowest BCUT2D eigenvalue weighted by Crippen LogP contribution is -2.17. The number of hydrogen-bond donors (Lipinski definition) is 1. The normalized spacial score (nSPS) is 9.30. The van der Waals surface area contributed by atoms with E-state index in [1.165, 1.54) is 11.8 Å². The molecule has 0 fully saturated rings. The molecule has 1 N–H and O–H groups in total. The van der Waals surface area contributed by atoms with Crippen LogP contribution in [0.4, 0.5) is 0 Å². The molecule has 3 heteroatoms. The number of nitrogens with one attached hydrogen (secondary N) is 1. The predicted octanol–water partition coefficient (Wildman–Crippen LogP) is 1.38. The monoisotopic (exact) mass is 155 g/mol. The van der Waals surface area contributed by atoms with Gasteiger partial charge in [-0.1, -0.05) is 6.07 Å². The molecule has 1 aromatic rings. The molecule has 0 aliphatic rings. The molecule has 1 heterocycles. The van der Waals surface area contributed by atoms with Crippen molar-refractivity contribution in [3.8, 4) is 0 Å². The average Bonchev–Trinajstić information content (AvgIpc) is 2.34. The first-order valence-corrected chi connectivity index (χ1v) is 3.94. The van der Waals surface area contributed by atoms with Crippen LogP contribution in [-0.4, -0.2) is 5.91 Å². The smallest absolute Gasteiger partial charge is 0.217 e. The number of rotatable bonds is 2. The SMILES string of the molecule is CC(=O)NCc1cccs1. The van der Waals surface area contributed by atoms with Crippen LogP contribution in [-0.2, 0) is 11.3 Å². The zero-order valence-electron chi connectivity index (χ0n) is 5.76. The van der Waals surface area contributed by atoms with Crippen molar-refractivity contribution in [1.29, 1.82) is 0 Å². The van der Waals surface area contributed by atoms with Gasteiger partial charge in [-0.3, -0.25) is 4.79 Å². The molecule has 2 nitrogen and oxygen atoms in total. The van der Waals surface area contributed by atoms with Crippen LogP contribution in [0.15, 0.2) is 17.5 Å². The van der Waals surface area contributed by atoms with Crippen LogP contribution in [0.3, 0.4) is 0 Å². The van der Waals surface area contributed by atoms with Crippen LogP contribution < -0.4 is 5.32 Å². The highest BCUT2D eigenvalue weighted by Crippen LogP contribution is 2.06. The molecule has 0 aromatic carbocycles. The highest BCUT2D eigenvalue weighted by molar-refractivity contribution is 7.09. The summed E-state index contributed by atoms with van der Waals surface area (Å²) >= 11 is 1.65. The van der Waals surface area contributed by atoms with Gasteiger partial charge in [-0.25, -0.2) is 0 Å². The van der Waals surface area contributed by atoms with Gasteiger partial charge in [0.1, 0.15) is 0 Å². The highest BCUT2D eigenvalue weighted by atomic mass is 32.1. The van der Waals surface area contributed by atoms with E-state index in [1.807, 2.05) is 17.5 Å². The summed E-state index contributed by atoms with van der Waals surface area (Å²) in [7, 11) is 0. The molecule has 54 valence electrons. The van der Waals surface area contributed by atoms with Gasteiger partial charge in [0.05, 0.1) is 6.54 Å². The Hall–Kier alpha value is -0.830. The fraction of sp³-hybridized carbons (Fsp3) is 0.286. The van der Waals surface area contributed by atoms with E-state index >= 15 is 0 Å². The van der Waals surface area contributed by atoms with E-state index in [-0.39, 0.29) is 5.91 Å². The number of thiophene rings is 1. The quantitative estimate of drug-likeness (QED) is 0.687. The van der Waals surface area contributed by atoms with Gasteiger partial charge in [0.15, 0.2) is 0 Å². The highest BCUT2D eigenvalue weighted by Gasteiger charge is 1.92. The Morgan fingerprint density at radius 2 is 2.60 bits per heavy atom. The third-order valence-corrected chi connectivity index (χ3v) is 1.97. The number of carbonyl (C=O) groups excluding carboxylic acids is 1. The Labute approximate surface area is 63.9 Å². The van der Waals surface area contributed by atoms with Gasteiger partial charge in [0.25, 0.3) is 0 Å². The third kappa shape index (κ3) is 2.19. The Morgan fingerprint density at radius 3 is 3.10 bits per heavy atom. The molecule has 0 spiro atoms. The van der Waals surface area contributed by atoms with E-state index in [9.17, 15) is 4.79 Å². The number of carbonyl (C=O) groups is 1. The van der Waals surface area contributed by atoms with Crippen molar-refractivity contribution in [2.45, 2.75) is 13.5 Å². The van der Waals surface area contributed by atoms with Crippen LogP contribution in [0.5, 0.6) is 0 Å². The summed E-state index contributed by atoms with van der Waals surface area (Å²) in [5.41, 5.74) is 0. The van der Waals surface area contributed by atoms with Gasteiger partial charge in [-0.15, -0.1) is 11.3 Å². The Bertz CT molecular complexity index is 205.